The van der Waals surface area contributed by atoms with Gasteiger partial charge in [-0.3, -0.25) is 0 Å². The predicted molar refractivity (Wildman–Crippen MR) is 161 cm³/mol. The third-order valence-corrected chi connectivity index (χ3v) is 8.58. The quantitative estimate of drug-likeness (QED) is 0.196. The highest BCUT2D eigenvalue weighted by Gasteiger charge is 2.35. The molecule has 214 valence electrons. The molecule has 1 heterocycles. The summed E-state index contributed by atoms with van der Waals surface area (Å²) in [5.41, 5.74) is 7.64. The topological polar surface area (TPSA) is 68.5 Å². The Balaban J connectivity index is 0.000000322. The Morgan fingerprint density at radius 3 is 2.12 bits per heavy atom. The van der Waals surface area contributed by atoms with Crippen molar-refractivity contribution in [2.24, 2.45) is 0 Å². The van der Waals surface area contributed by atoms with Crippen LogP contribution >= 0.6 is 11.5 Å². The normalized spacial score (nSPS) is 12.1. The van der Waals surface area contributed by atoms with Crippen LogP contribution < -0.4 is 10.5 Å². The molecule has 0 amide bonds. The van der Waals surface area contributed by atoms with Crippen molar-refractivity contribution in [1.29, 1.82) is 0 Å². The van der Waals surface area contributed by atoms with Gasteiger partial charge < -0.3 is 10.5 Å². The number of ether oxygens (including phenoxy) is 1. The summed E-state index contributed by atoms with van der Waals surface area (Å²) >= 11 is 1.44. The lowest BCUT2D eigenvalue weighted by atomic mass is 10.0. The summed E-state index contributed by atoms with van der Waals surface area (Å²) in [5.74, 6) is 1.41. The molecule has 1 aromatic heterocycles. The molecule has 4 aromatic carbocycles. The molecule has 5 rings (SSSR count). The van der Waals surface area contributed by atoms with Gasteiger partial charge in [-0.1, -0.05) is 67.6 Å². The van der Waals surface area contributed by atoms with Crippen LogP contribution in [0.5, 0.6) is 5.75 Å². The lowest BCUT2D eigenvalue weighted by Crippen LogP contribution is -2.28. The number of benzene rings is 4. The predicted octanol–water partition coefficient (Wildman–Crippen LogP) is 8.19. The van der Waals surface area contributed by atoms with Crippen molar-refractivity contribution in [1.82, 2.24) is 8.68 Å². The van der Waals surface area contributed by atoms with Gasteiger partial charge in [0.25, 0.3) is 0 Å². The van der Waals surface area contributed by atoms with E-state index in [9.17, 15) is 17.4 Å². The maximum absolute atomic E-state index is 13.4. The van der Waals surface area contributed by atoms with Crippen molar-refractivity contribution in [2.45, 2.75) is 31.0 Å². The van der Waals surface area contributed by atoms with Crippen molar-refractivity contribution < 1.29 is 22.1 Å². The molecular weight excluding hydrogens is 567 g/mol. The maximum atomic E-state index is 13.4. The molecule has 0 saturated carbocycles. The summed E-state index contributed by atoms with van der Waals surface area (Å²) in [6.07, 6.45) is -3.88. The molecule has 0 fully saturated rings. The van der Waals surface area contributed by atoms with Gasteiger partial charge in [-0.2, -0.15) is 17.5 Å². The zero-order chi connectivity index (χ0) is 29.4. The van der Waals surface area contributed by atoms with Crippen molar-refractivity contribution in [3.63, 3.8) is 0 Å². The van der Waals surface area contributed by atoms with E-state index in [0.29, 0.717) is 18.8 Å². The Morgan fingerprint density at radius 2 is 1.51 bits per heavy atom. The minimum Gasteiger partial charge on any atom is -0.497 e. The summed E-state index contributed by atoms with van der Waals surface area (Å²) in [5, 5.41) is 1.06. The highest BCUT2D eigenvalue weighted by Crippen LogP contribution is 2.34. The first-order valence-corrected chi connectivity index (χ1v) is 14.8. The summed E-state index contributed by atoms with van der Waals surface area (Å²) in [4.78, 5) is -0.210. The lowest BCUT2D eigenvalue weighted by Gasteiger charge is -2.23. The Hall–Kier alpha value is -3.73. The van der Waals surface area contributed by atoms with Gasteiger partial charge in [-0.05, 0) is 71.0 Å². The van der Waals surface area contributed by atoms with Crippen LogP contribution in [-0.2, 0) is 23.7 Å². The average molecular weight is 598 g/mol. The summed E-state index contributed by atoms with van der Waals surface area (Å²) in [6, 6.07) is 28.4. The van der Waals surface area contributed by atoms with Gasteiger partial charge in [0, 0.05) is 18.5 Å². The van der Waals surface area contributed by atoms with E-state index in [1.165, 1.54) is 29.7 Å². The SMILES string of the molecule is CCCN(Cc1ccc(-c2ccc(OC)cc2)cc1)S(=O)c1ccccc1C(F)(F)F.Nc1nsc2ccccc12. The number of halogens is 3. The van der Waals surface area contributed by atoms with Gasteiger partial charge in [0.1, 0.15) is 22.6 Å². The fraction of sp³-hybridized carbons (Fsp3) is 0.194. The molecular formula is C31H30F3N3O2S2. The van der Waals surface area contributed by atoms with Crippen LogP contribution in [0, 0.1) is 0 Å². The van der Waals surface area contributed by atoms with E-state index < -0.39 is 22.7 Å². The van der Waals surface area contributed by atoms with Gasteiger partial charge in [0.05, 0.1) is 22.3 Å². The van der Waals surface area contributed by atoms with E-state index in [1.54, 1.807) is 11.4 Å². The second-order valence-electron chi connectivity index (χ2n) is 9.10. The number of methoxy groups -OCH3 is 1. The first-order valence-electron chi connectivity index (χ1n) is 12.9. The highest BCUT2D eigenvalue weighted by molar-refractivity contribution is 7.82. The molecule has 0 aliphatic heterocycles. The second kappa shape index (κ2) is 13.8. The molecule has 0 bridgehead atoms. The van der Waals surface area contributed by atoms with Crippen LogP contribution in [0.3, 0.4) is 0 Å². The highest BCUT2D eigenvalue weighted by atomic mass is 32.2. The van der Waals surface area contributed by atoms with Crippen LogP contribution in [0.15, 0.2) is 102 Å². The van der Waals surface area contributed by atoms with Gasteiger partial charge in [0.15, 0.2) is 0 Å². The largest absolute Gasteiger partial charge is 0.497 e. The molecule has 5 aromatic rings. The molecule has 1 unspecified atom stereocenters. The summed E-state index contributed by atoms with van der Waals surface area (Å²) < 4.78 is 65.1. The van der Waals surface area contributed by atoms with Crippen molar-refractivity contribution >= 4 is 38.4 Å². The summed E-state index contributed by atoms with van der Waals surface area (Å²) in [7, 11) is -0.311. The number of anilines is 1. The van der Waals surface area contributed by atoms with Crippen molar-refractivity contribution in [3.05, 3.63) is 108 Å². The third kappa shape index (κ3) is 7.72. The molecule has 0 aliphatic rings. The minimum atomic E-state index is -4.55. The second-order valence-corrected chi connectivity index (χ2v) is 11.4. The van der Waals surface area contributed by atoms with Gasteiger partial charge in [-0.25, -0.2) is 8.51 Å². The Kier molecular flexibility index (Phi) is 10.1. The fourth-order valence-electron chi connectivity index (χ4n) is 4.16. The monoisotopic (exact) mass is 597 g/mol. The van der Waals surface area contributed by atoms with Crippen LogP contribution in [0.25, 0.3) is 21.2 Å². The molecule has 41 heavy (non-hydrogen) atoms. The molecule has 5 nitrogen and oxygen atoms in total. The number of hydrogen-bond donors (Lipinski definition) is 1. The number of hydrogen-bond acceptors (Lipinski definition) is 5. The Labute approximate surface area is 244 Å². The smallest absolute Gasteiger partial charge is 0.417 e. The number of rotatable bonds is 8. The van der Waals surface area contributed by atoms with E-state index in [4.69, 9.17) is 10.5 Å². The Bertz CT molecular complexity index is 1590. The molecule has 2 N–H and O–H groups in total. The van der Waals surface area contributed by atoms with E-state index in [1.807, 2.05) is 79.7 Å². The molecule has 0 spiro atoms. The number of nitrogen functional groups attached to an aromatic ring is 1. The molecule has 10 heteroatoms. The number of nitrogens with two attached hydrogens (primary N) is 1. The number of alkyl halides is 3. The standard InChI is InChI=1S/C24H24F3NO2S.C7H6N2S/c1-3-16-28(31(29)23-7-5-4-6-22(23)24(25,26)27)17-18-8-10-19(11-9-18)20-12-14-21(30-2)15-13-20;8-7-5-3-1-2-4-6(5)10-9-7/h4-15H,3,16-17H2,1-2H3;1-4H,(H2,8,9). The lowest BCUT2D eigenvalue weighted by molar-refractivity contribution is -0.139. The van der Waals surface area contributed by atoms with E-state index in [2.05, 4.69) is 4.37 Å². The van der Waals surface area contributed by atoms with E-state index >= 15 is 0 Å². The maximum Gasteiger partial charge on any atom is 0.417 e. The zero-order valence-corrected chi connectivity index (χ0v) is 24.2. The van der Waals surface area contributed by atoms with Crippen LogP contribution in [-0.4, -0.2) is 26.5 Å². The van der Waals surface area contributed by atoms with Crippen molar-refractivity contribution in [2.75, 3.05) is 19.4 Å². The van der Waals surface area contributed by atoms with Crippen LogP contribution in [0.2, 0.25) is 0 Å². The number of aromatic nitrogens is 1. The third-order valence-electron chi connectivity index (χ3n) is 6.23. The Morgan fingerprint density at radius 1 is 0.902 bits per heavy atom. The first-order chi connectivity index (χ1) is 19.7. The van der Waals surface area contributed by atoms with Gasteiger partial charge >= 0.3 is 6.18 Å². The number of fused-ring (bicyclic) bond motifs is 1. The summed E-state index contributed by atoms with van der Waals surface area (Å²) in [6.45, 7) is 2.61. The van der Waals surface area contributed by atoms with Gasteiger partial charge in [-0.15, -0.1) is 0 Å². The van der Waals surface area contributed by atoms with Crippen LogP contribution in [0.1, 0.15) is 24.5 Å². The first kappa shape index (κ1) is 30.2. The van der Waals surface area contributed by atoms with Crippen LogP contribution in [0.4, 0.5) is 19.0 Å². The zero-order valence-electron chi connectivity index (χ0n) is 22.6. The molecule has 1 atom stereocenters. The molecule has 0 aliphatic carbocycles. The number of nitrogens with zero attached hydrogens (tertiary/aromatic N) is 2. The van der Waals surface area contributed by atoms with Gasteiger partial charge in [0.2, 0.25) is 0 Å². The fourth-order valence-corrected chi connectivity index (χ4v) is 6.32. The molecule has 0 saturated heterocycles. The molecule has 0 radical (unpaired) electrons. The average Bonchev–Trinajstić information content (AvgIpc) is 3.37. The minimum absolute atomic E-state index is 0.210. The van der Waals surface area contributed by atoms with E-state index in [-0.39, 0.29) is 11.4 Å². The van der Waals surface area contributed by atoms with Crippen molar-refractivity contribution in [3.8, 4) is 16.9 Å². The van der Waals surface area contributed by atoms with E-state index in [0.717, 1.165) is 38.6 Å².